The highest BCUT2D eigenvalue weighted by Gasteiger charge is 2.01. The third-order valence-electron chi connectivity index (χ3n) is 1.05. The normalized spacial score (nSPS) is 8.50. The van der Waals surface area contributed by atoms with Gasteiger partial charge in [-0.05, 0) is 6.92 Å². The summed E-state index contributed by atoms with van der Waals surface area (Å²) >= 11 is 0. The summed E-state index contributed by atoms with van der Waals surface area (Å²) in [4.78, 5) is 10.7. The summed E-state index contributed by atoms with van der Waals surface area (Å²) in [6.45, 7) is 5.73. The van der Waals surface area contributed by atoms with Crippen LogP contribution in [0.1, 0.15) is 13.3 Å². The molecule has 0 aromatic rings. The summed E-state index contributed by atoms with van der Waals surface area (Å²) in [6.07, 6.45) is 0.586. The third kappa shape index (κ3) is 7.96. The fourth-order valence-electron chi connectivity index (χ4n) is 0.455. The number of hydroxylamine groups is 1. The van der Waals surface area contributed by atoms with Gasteiger partial charge in [-0.1, -0.05) is 6.58 Å². The van der Waals surface area contributed by atoms with E-state index in [1.807, 2.05) is 0 Å². The van der Waals surface area contributed by atoms with Crippen LogP contribution in [-0.2, 0) is 9.53 Å². The van der Waals surface area contributed by atoms with Gasteiger partial charge in [-0.25, -0.2) is 4.79 Å². The van der Waals surface area contributed by atoms with Gasteiger partial charge in [-0.2, -0.15) is 0 Å². The van der Waals surface area contributed by atoms with E-state index in [9.17, 15) is 10.0 Å². The molecule has 0 spiro atoms. The highest BCUT2D eigenvalue weighted by atomic mass is 127. The molecule has 0 aliphatic carbocycles. The van der Waals surface area contributed by atoms with E-state index in [0.29, 0.717) is 25.1 Å². The molecular formula is C7H13INO3-. The maximum atomic E-state index is 10.7. The zero-order valence-electron chi connectivity index (χ0n) is 7.01. The van der Waals surface area contributed by atoms with Crippen molar-refractivity contribution in [3.05, 3.63) is 17.4 Å². The van der Waals surface area contributed by atoms with E-state index < -0.39 is 5.97 Å². The zero-order chi connectivity index (χ0) is 8.69. The van der Waals surface area contributed by atoms with Crippen LogP contribution in [0, 0.1) is 5.21 Å². The molecule has 0 aromatic heterocycles. The van der Waals surface area contributed by atoms with Gasteiger partial charge in [0.25, 0.3) is 0 Å². The molecule has 12 heavy (non-hydrogen) atoms. The van der Waals surface area contributed by atoms with Gasteiger partial charge in [0.1, 0.15) is 0 Å². The minimum absolute atomic E-state index is 0. The molecule has 0 aliphatic heterocycles. The Morgan fingerprint density at radius 1 is 1.67 bits per heavy atom. The van der Waals surface area contributed by atoms with Gasteiger partial charge < -0.3 is 39.4 Å². The molecule has 0 fully saturated rings. The Morgan fingerprint density at radius 3 is 2.67 bits per heavy atom. The molecular weight excluding hydrogens is 273 g/mol. The number of hydrogen-bond donors (Lipinski definition) is 1. The van der Waals surface area contributed by atoms with E-state index in [2.05, 4.69) is 6.58 Å². The molecule has 4 nitrogen and oxygen atoms in total. The summed E-state index contributed by atoms with van der Waals surface area (Å²) in [7, 11) is 0. The number of halogens is 1. The van der Waals surface area contributed by atoms with Crippen molar-refractivity contribution in [2.75, 3.05) is 13.2 Å². The van der Waals surface area contributed by atoms with Gasteiger partial charge in [0, 0.05) is 12.0 Å². The molecule has 2 N–H and O–H groups in total. The van der Waals surface area contributed by atoms with Crippen molar-refractivity contribution in [1.82, 2.24) is 0 Å². The molecule has 0 bridgehead atoms. The minimum Gasteiger partial charge on any atom is -1.00 e. The Hall–Kier alpha value is -0.140. The lowest BCUT2D eigenvalue weighted by Gasteiger charge is -2.03. The fourth-order valence-corrected chi connectivity index (χ4v) is 0.455. The second-order valence-corrected chi connectivity index (χ2v) is 2.23. The number of hydrogen-bond acceptors (Lipinski definition) is 3. The first-order chi connectivity index (χ1) is 5.18. The first-order valence-electron chi connectivity index (χ1n) is 3.44. The fraction of sp³-hybridized carbons (Fsp3) is 0.571. The van der Waals surface area contributed by atoms with Crippen molar-refractivity contribution < 1.29 is 39.0 Å². The minimum atomic E-state index is -0.393. The van der Waals surface area contributed by atoms with Gasteiger partial charge in [-0.15, -0.1) is 0 Å². The number of esters is 1. The summed E-state index contributed by atoms with van der Waals surface area (Å²) in [5, 5.41) is 9.83. The Balaban J connectivity index is 0. The largest absolute Gasteiger partial charge is 1.00 e. The monoisotopic (exact) mass is 286 g/mol. The van der Waals surface area contributed by atoms with Crippen LogP contribution >= 0.6 is 0 Å². The SMILES string of the molecule is C=C(C)C(=O)OCCC[NH2+][O-].[I-]. The molecule has 0 saturated carbocycles. The van der Waals surface area contributed by atoms with Crippen molar-refractivity contribution in [1.29, 1.82) is 0 Å². The molecule has 0 saturated heterocycles. The van der Waals surface area contributed by atoms with Crippen molar-refractivity contribution in [3.63, 3.8) is 0 Å². The molecule has 0 rings (SSSR count). The van der Waals surface area contributed by atoms with Crippen molar-refractivity contribution in [2.45, 2.75) is 13.3 Å². The lowest BCUT2D eigenvalue weighted by Crippen LogP contribution is -3.00. The number of quaternary nitrogens is 1. The predicted molar refractivity (Wildman–Crippen MR) is 40.5 cm³/mol. The van der Waals surface area contributed by atoms with Crippen LogP contribution in [-0.4, -0.2) is 19.1 Å². The standard InChI is InChI=1S/C7H13NO3.HI/c1-6(2)7(9)11-5-3-4-8-10;/h1,3-5,8H2,2H3;1H/p-1. The number of rotatable bonds is 5. The molecule has 0 atom stereocenters. The molecule has 0 aromatic carbocycles. The van der Waals surface area contributed by atoms with Gasteiger partial charge in [0.2, 0.25) is 0 Å². The van der Waals surface area contributed by atoms with Crippen molar-refractivity contribution in [2.24, 2.45) is 0 Å². The zero-order valence-corrected chi connectivity index (χ0v) is 9.17. The van der Waals surface area contributed by atoms with Crippen LogP contribution in [0.4, 0.5) is 0 Å². The number of nitrogens with two attached hydrogens (primary N) is 1. The van der Waals surface area contributed by atoms with Gasteiger partial charge >= 0.3 is 5.97 Å². The molecule has 0 unspecified atom stereocenters. The van der Waals surface area contributed by atoms with Crippen LogP contribution in [0.15, 0.2) is 12.2 Å². The maximum Gasteiger partial charge on any atom is 0.333 e. The van der Waals surface area contributed by atoms with Crippen LogP contribution < -0.4 is 29.5 Å². The highest BCUT2D eigenvalue weighted by molar-refractivity contribution is 5.86. The molecule has 0 aliphatic rings. The predicted octanol–water partition coefficient (Wildman–Crippen LogP) is -3.44. The molecule has 0 heterocycles. The number of ether oxygens (including phenoxy) is 1. The summed E-state index contributed by atoms with van der Waals surface area (Å²) in [5.41, 5.74) is 1.19. The molecule has 0 radical (unpaired) electrons. The van der Waals surface area contributed by atoms with Crippen LogP contribution in [0.2, 0.25) is 0 Å². The Morgan fingerprint density at radius 2 is 2.25 bits per heavy atom. The van der Waals surface area contributed by atoms with E-state index in [1.165, 1.54) is 0 Å². The van der Waals surface area contributed by atoms with Gasteiger partial charge in [0.05, 0.1) is 13.2 Å². The average molecular weight is 286 g/mol. The van der Waals surface area contributed by atoms with E-state index in [0.717, 1.165) is 5.48 Å². The maximum absolute atomic E-state index is 10.7. The van der Waals surface area contributed by atoms with E-state index >= 15 is 0 Å². The first-order valence-corrected chi connectivity index (χ1v) is 3.44. The lowest BCUT2D eigenvalue weighted by atomic mass is 10.4. The average Bonchev–Trinajstić information content (AvgIpc) is 1.97. The van der Waals surface area contributed by atoms with E-state index in [-0.39, 0.29) is 24.0 Å². The topological polar surface area (TPSA) is 66.0 Å². The number of carbonyl (C=O) groups is 1. The van der Waals surface area contributed by atoms with E-state index in [4.69, 9.17) is 4.74 Å². The Bertz CT molecular complexity index is 150. The van der Waals surface area contributed by atoms with Gasteiger partial charge in [0.15, 0.2) is 0 Å². The second kappa shape index (κ2) is 8.95. The van der Waals surface area contributed by atoms with Crippen molar-refractivity contribution >= 4 is 5.97 Å². The van der Waals surface area contributed by atoms with E-state index in [1.54, 1.807) is 6.92 Å². The quantitative estimate of drug-likeness (QED) is 0.188. The number of carbonyl (C=O) groups excluding carboxylic acids is 1. The van der Waals surface area contributed by atoms with Crippen molar-refractivity contribution in [3.8, 4) is 0 Å². The smallest absolute Gasteiger partial charge is 0.333 e. The second-order valence-electron chi connectivity index (χ2n) is 2.23. The molecule has 5 heteroatoms. The third-order valence-corrected chi connectivity index (χ3v) is 1.05. The molecule has 72 valence electrons. The lowest BCUT2D eigenvalue weighted by molar-refractivity contribution is -0.589. The van der Waals surface area contributed by atoms with Crippen LogP contribution in [0.5, 0.6) is 0 Å². The molecule has 0 amide bonds. The summed E-state index contributed by atoms with van der Waals surface area (Å²) < 4.78 is 4.71. The Kier molecular flexibility index (Phi) is 10.7. The summed E-state index contributed by atoms with van der Waals surface area (Å²) in [6, 6.07) is 0. The summed E-state index contributed by atoms with van der Waals surface area (Å²) in [5.74, 6) is -0.393. The Labute approximate surface area is 89.0 Å². The highest BCUT2D eigenvalue weighted by Crippen LogP contribution is 1.91. The first kappa shape index (κ1) is 14.4. The van der Waals surface area contributed by atoms with Gasteiger partial charge in [-0.3, -0.25) is 0 Å². The van der Waals surface area contributed by atoms with Crippen LogP contribution in [0.3, 0.4) is 0 Å². The van der Waals surface area contributed by atoms with Crippen LogP contribution in [0.25, 0.3) is 0 Å².